The molecule has 0 unspecified atom stereocenters. The second-order valence-electron chi connectivity index (χ2n) is 5.85. The molecule has 0 bridgehead atoms. The first-order chi connectivity index (χ1) is 12.0. The van der Waals surface area contributed by atoms with Crippen molar-refractivity contribution in [2.45, 2.75) is 13.0 Å². The number of fused-ring (bicyclic) bond motifs is 1. The summed E-state index contributed by atoms with van der Waals surface area (Å²) in [7, 11) is 3.79. The van der Waals surface area contributed by atoms with E-state index in [4.69, 9.17) is 16.0 Å². The number of oxazole rings is 1. The molecule has 1 amide bonds. The maximum absolute atomic E-state index is 12.2. The average molecular weight is 360 g/mol. The zero-order valence-corrected chi connectivity index (χ0v) is 14.7. The number of carbonyl (C=O) groups excluding carboxylic acids is 1. The summed E-state index contributed by atoms with van der Waals surface area (Å²) in [5, 5.41) is 3.35. The number of nitrogens with zero attached hydrogens (tertiary/aromatic N) is 2. The van der Waals surface area contributed by atoms with E-state index in [0.29, 0.717) is 21.8 Å². The summed E-state index contributed by atoms with van der Waals surface area (Å²) in [5.74, 6) is -0.668. The van der Waals surface area contributed by atoms with Crippen molar-refractivity contribution in [2.75, 3.05) is 24.3 Å². The fourth-order valence-corrected chi connectivity index (χ4v) is 2.96. The minimum Gasteiger partial charge on any atom is -0.408 e. The van der Waals surface area contributed by atoms with Gasteiger partial charge in [-0.15, -0.1) is 0 Å². The first kappa shape index (κ1) is 17.1. The van der Waals surface area contributed by atoms with Crippen LogP contribution >= 0.6 is 11.6 Å². The Morgan fingerprint density at radius 1 is 1.24 bits per heavy atom. The van der Waals surface area contributed by atoms with Crippen molar-refractivity contribution in [2.24, 2.45) is 0 Å². The second kappa shape index (κ2) is 7.03. The number of hydrogen-bond donors (Lipinski definition) is 1. The lowest BCUT2D eigenvalue weighted by molar-refractivity contribution is -0.116. The van der Waals surface area contributed by atoms with Gasteiger partial charge in [-0.3, -0.25) is 9.36 Å². The summed E-state index contributed by atoms with van der Waals surface area (Å²) >= 11 is 6.20. The third-order valence-electron chi connectivity index (χ3n) is 3.85. The second-order valence-corrected chi connectivity index (χ2v) is 6.25. The van der Waals surface area contributed by atoms with Crippen LogP contribution in [-0.4, -0.2) is 24.6 Å². The van der Waals surface area contributed by atoms with Crippen LogP contribution in [0.1, 0.15) is 6.42 Å². The van der Waals surface area contributed by atoms with Crippen LogP contribution in [0.15, 0.2) is 51.7 Å². The normalized spacial score (nSPS) is 10.8. The third kappa shape index (κ3) is 3.69. The fourth-order valence-electron chi connectivity index (χ4n) is 2.61. The molecule has 0 saturated carbocycles. The van der Waals surface area contributed by atoms with Gasteiger partial charge in [0.2, 0.25) is 5.91 Å². The molecule has 0 fully saturated rings. The SMILES string of the molecule is CN(C)c1ccc(NC(=O)CCn2c(=O)oc3ccccc32)cc1Cl. The number of anilines is 2. The van der Waals surface area contributed by atoms with Gasteiger partial charge in [0, 0.05) is 32.7 Å². The van der Waals surface area contributed by atoms with E-state index in [2.05, 4.69) is 5.32 Å². The molecule has 0 aliphatic rings. The summed E-state index contributed by atoms with van der Waals surface area (Å²) in [6.45, 7) is 0.241. The molecular formula is C18H18ClN3O3. The average Bonchev–Trinajstić information content (AvgIpc) is 2.88. The number of aromatic nitrogens is 1. The zero-order valence-electron chi connectivity index (χ0n) is 14.0. The predicted molar refractivity (Wildman–Crippen MR) is 99.5 cm³/mol. The van der Waals surface area contributed by atoms with E-state index in [-0.39, 0.29) is 18.9 Å². The third-order valence-corrected chi connectivity index (χ3v) is 4.15. The van der Waals surface area contributed by atoms with Crippen molar-refractivity contribution in [3.8, 4) is 0 Å². The van der Waals surface area contributed by atoms with Crippen molar-refractivity contribution in [3.63, 3.8) is 0 Å². The molecule has 0 radical (unpaired) electrons. The lowest BCUT2D eigenvalue weighted by Gasteiger charge is -2.15. The molecule has 130 valence electrons. The van der Waals surface area contributed by atoms with E-state index in [1.165, 1.54) is 4.57 Å². The molecule has 0 saturated heterocycles. The van der Waals surface area contributed by atoms with Crippen LogP contribution in [0.2, 0.25) is 5.02 Å². The lowest BCUT2D eigenvalue weighted by atomic mass is 10.2. The quantitative estimate of drug-likeness (QED) is 0.758. The first-order valence-corrected chi connectivity index (χ1v) is 8.18. The highest BCUT2D eigenvalue weighted by Gasteiger charge is 2.11. The fraction of sp³-hybridized carbons (Fsp3) is 0.222. The van der Waals surface area contributed by atoms with Gasteiger partial charge in [-0.2, -0.15) is 0 Å². The van der Waals surface area contributed by atoms with Crippen molar-refractivity contribution >= 4 is 40.0 Å². The molecule has 0 aliphatic carbocycles. The summed E-state index contributed by atoms with van der Waals surface area (Å²) in [5.41, 5.74) is 2.68. The van der Waals surface area contributed by atoms with Gasteiger partial charge in [0.25, 0.3) is 0 Å². The Balaban J connectivity index is 1.68. The minimum absolute atomic E-state index is 0.149. The Labute approximate surface area is 149 Å². The van der Waals surface area contributed by atoms with Crippen molar-refractivity contribution in [3.05, 3.63) is 58.0 Å². The van der Waals surface area contributed by atoms with Crippen LogP contribution in [0.5, 0.6) is 0 Å². The number of benzene rings is 2. The number of rotatable bonds is 5. The molecule has 1 heterocycles. The molecular weight excluding hydrogens is 342 g/mol. The van der Waals surface area contributed by atoms with Crippen LogP contribution in [-0.2, 0) is 11.3 Å². The van der Waals surface area contributed by atoms with Gasteiger partial charge in [-0.05, 0) is 30.3 Å². The number of aryl methyl sites for hydroxylation is 1. The molecule has 0 atom stereocenters. The maximum atomic E-state index is 12.2. The van der Waals surface area contributed by atoms with Crippen molar-refractivity contribution in [1.82, 2.24) is 4.57 Å². The van der Waals surface area contributed by atoms with Gasteiger partial charge in [0.05, 0.1) is 16.2 Å². The smallest absolute Gasteiger partial charge is 0.408 e. The Morgan fingerprint density at radius 2 is 2.00 bits per heavy atom. The van der Waals surface area contributed by atoms with Gasteiger partial charge in [-0.25, -0.2) is 4.79 Å². The molecule has 25 heavy (non-hydrogen) atoms. The molecule has 1 N–H and O–H groups in total. The zero-order chi connectivity index (χ0) is 18.0. The molecule has 2 aromatic carbocycles. The number of carbonyl (C=O) groups is 1. The molecule has 3 rings (SSSR count). The summed E-state index contributed by atoms with van der Waals surface area (Å²) in [6.07, 6.45) is 0.149. The lowest BCUT2D eigenvalue weighted by Crippen LogP contribution is -2.20. The van der Waals surface area contributed by atoms with E-state index in [1.807, 2.05) is 31.1 Å². The Hall–Kier alpha value is -2.73. The standard InChI is InChI=1S/C18H18ClN3O3/c1-21(2)14-8-7-12(11-13(14)19)20-17(23)9-10-22-15-5-3-4-6-16(15)25-18(22)24/h3-8,11H,9-10H2,1-2H3,(H,20,23). The van der Waals surface area contributed by atoms with E-state index < -0.39 is 5.76 Å². The highest BCUT2D eigenvalue weighted by atomic mass is 35.5. The van der Waals surface area contributed by atoms with Crippen LogP contribution in [0.3, 0.4) is 0 Å². The first-order valence-electron chi connectivity index (χ1n) is 7.81. The Kier molecular flexibility index (Phi) is 4.81. The largest absolute Gasteiger partial charge is 0.419 e. The monoisotopic (exact) mass is 359 g/mol. The minimum atomic E-state index is -0.465. The van der Waals surface area contributed by atoms with E-state index >= 15 is 0 Å². The van der Waals surface area contributed by atoms with Crippen molar-refractivity contribution < 1.29 is 9.21 Å². The van der Waals surface area contributed by atoms with Crippen LogP contribution in [0.25, 0.3) is 11.1 Å². The van der Waals surface area contributed by atoms with Crippen LogP contribution in [0, 0.1) is 0 Å². The highest BCUT2D eigenvalue weighted by molar-refractivity contribution is 6.33. The number of nitrogens with one attached hydrogen (secondary N) is 1. The molecule has 3 aromatic rings. The van der Waals surface area contributed by atoms with E-state index in [9.17, 15) is 9.59 Å². The van der Waals surface area contributed by atoms with Gasteiger partial charge in [-0.1, -0.05) is 23.7 Å². The van der Waals surface area contributed by atoms with Crippen LogP contribution < -0.4 is 16.0 Å². The van der Waals surface area contributed by atoms with E-state index in [1.54, 1.807) is 30.3 Å². The topological polar surface area (TPSA) is 67.5 Å². The number of amides is 1. The van der Waals surface area contributed by atoms with E-state index in [0.717, 1.165) is 5.69 Å². The molecule has 6 nitrogen and oxygen atoms in total. The number of halogens is 1. The highest BCUT2D eigenvalue weighted by Crippen LogP contribution is 2.27. The van der Waals surface area contributed by atoms with Gasteiger partial charge < -0.3 is 14.6 Å². The van der Waals surface area contributed by atoms with Gasteiger partial charge in [0.1, 0.15) is 0 Å². The van der Waals surface area contributed by atoms with Crippen molar-refractivity contribution in [1.29, 1.82) is 0 Å². The van der Waals surface area contributed by atoms with Crippen LogP contribution in [0.4, 0.5) is 11.4 Å². The molecule has 7 heteroatoms. The molecule has 0 spiro atoms. The summed E-state index contributed by atoms with van der Waals surface area (Å²) in [6, 6.07) is 12.5. The summed E-state index contributed by atoms with van der Waals surface area (Å²) < 4.78 is 6.61. The molecule has 0 aliphatic heterocycles. The van der Waals surface area contributed by atoms with Gasteiger partial charge >= 0.3 is 5.76 Å². The summed E-state index contributed by atoms with van der Waals surface area (Å²) in [4.78, 5) is 26.0. The molecule has 1 aromatic heterocycles. The van der Waals surface area contributed by atoms with Gasteiger partial charge in [0.15, 0.2) is 5.58 Å². The number of hydrogen-bond acceptors (Lipinski definition) is 4. The Bertz CT molecular complexity index is 975. The number of para-hydroxylation sites is 2. The maximum Gasteiger partial charge on any atom is 0.419 e. The Morgan fingerprint density at radius 3 is 2.72 bits per heavy atom. The predicted octanol–water partition coefficient (Wildman–Crippen LogP) is 3.34.